The third-order valence-corrected chi connectivity index (χ3v) is 3.30. The molecule has 0 atom stereocenters. The standard InChI is InChI=1S/C10H9N.C6H6FN.C5H6N2/c1-8-6-9-4-2-3-5-10(9)11-7-8;1-5-2-3-8-6(7)4-5;1-5-2-6-4-7-3-5/h2-7H,1H3;2-4H,1H3;2-4H,1H3. The maximum Gasteiger partial charge on any atom is 0.213 e. The molecule has 0 unspecified atom stereocenters. The first-order chi connectivity index (χ1) is 12.5. The number of rotatable bonds is 0. The van der Waals surface area contributed by atoms with E-state index in [2.05, 4.69) is 39.0 Å². The second kappa shape index (κ2) is 9.93. The number of aromatic nitrogens is 4. The summed E-state index contributed by atoms with van der Waals surface area (Å²) in [6, 6.07) is 13.4. The molecule has 3 heterocycles. The van der Waals surface area contributed by atoms with Gasteiger partial charge in [0.1, 0.15) is 6.33 Å². The summed E-state index contributed by atoms with van der Waals surface area (Å²) in [6.07, 6.45) is 8.40. The van der Waals surface area contributed by atoms with Gasteiger partial charge in [-0.25, -0.2) is 15.0 Å². The van der Waals surface area contributed by atoms with Crippen LogP contribution >= 0.6 is 0 Å². The van der Waals surface area contributed by atoms with Crippen molar-refractivity contribution in [2.75, 3.05) is 0 Å². The molecule has 0 bridgehead atoms. The van der Waals surface area contributed by atoms with Gasteiger partial charge in [0.25, 0.3) is 0 Å². The number of benzene rings is 1. The molecule has 26 heavy (non-hydrogen) atoms. The summed E-state index contributed by atoms with van der Waals surface area (Å²) >= 11 is 0. The van der Waals surface area contributed by atoms with Crippen molar-refractivity contribution in [1.82, 2.24) is 19.9 Å². The Kier molecular flexibility index (Phi) is 7.31. The largest absolute Gasteiger partial charge is 0.256 e. The van der Waals surface area contributed by atoms with Crippen LogP contribution in [0.3, 0.4) is 0 Å². The maximum atomic E-state index is 12.1. The summed E-state index contributed by atoms with van der Waals surface area (Å²) < 4.78 is 12.1. The van der Waals surface area contributed by atoms with Gasteiger partial charge in [0.05, 0.1) is 5.52 Å². The number of fused-ring (bicyclic) bond motifs is 1. The molecule has 5 heteroatoms. The van der Waals surface area contributed by atoms with Crippen molar-refractivity contribution in [2.24, 2.45) is 0 Å². The zero-order valence-corrected chi connectivity index (χ0v) is 15.1. The minimum atomic E-state index is -0.412. The molecule has 4 nitrogen and oxygen atoms in total. The molecule has 0 N–H and O–H groups in total. The van der Waals surface area contributed by atoms with Gasteiger partial charge in [0.15, 0.2) is 0 Å². The zero-order valence-electron chi connectivity index (χ0n) is 15.1. The molecule has 0 saturated carbocycles. The quantitative estimate of drug-likeness (QED) is 0.426. The Morgan fingerprint density at radius 2 is 1.46 bits per heavy atom. The van der Waals surface area contributed by atoms with Gasteiger partial charge < -0.3 is 0 Å². The topological polar surface area (TPSA) is 51.6 Å². The van der Waals surface area contributed by atoms with E-state index in [-0.39, 0.29) is 0 Å². The molecule has 4 rings (SSSR count). The van der Waals surface area contributed by atoms with Crippen LogP contribution in [0.2, 0.25) is 0 Å². The fourth-order valence-electron chi connectivity index (χ4n) is 2.05. The van der Waals surface area contributed by atoms with Crippen LogP contribution in [0.4, 0.5) is 4.39 Å². The predicted molar refractivity (Wildman–Crippen MR) is 102 cm³/mol. The van der Waals surface area contributed by atoms with E-state index in [1.165, 1.54) is 29.5 Å². The van der Waals surface area contributed by atoms with E-state index in [9.17, 15) is 4.39 Å². The van der Waals surface area contributed by atoms with Crippen molar-refractivity contribution in [2.45, 2.75) is 20.8 Å². The summed E-state index contributed by atoms with van der Waals surface area (Å²) in [4.78, 5) is 15.2. The minimum Gasteiger partial charge on any atom is -0.256 e. The van der Waals surface area contributed by atoms with Gasteiger partial charge in [-0.1, -0.05) is 18.2 Å². The highest BCUT2D eigenvalue weighted by atomic mass is 19.1. The van der Waals surface area contributed by atoms with Crippen molar-refractivity contribution in [3.63, 3.8) is 0 Å². The van der Waals surface area contributed by atoms with Crippen LogP contribution in [0.15, 0.2) is 73.6 Å². The van der Waals surface area contributed by atoms with Gasteiger partial charge in [-0.2, -0.15) is 4.39 Å². The lowest BCUT2D eigenvalue weighted by Crippen LogP contribution is -1.79. The Morgan fingerprint density at radius 3 is 2.04 bits per heavy atom. The Hall–Kier alpha value is -3.21. The van der Waals surface area contributed by atoms with E-state index < -0.39 is 5.95 Å². The molecule has 0 radical (unpaired) electrons. The van der Waals surface area contributed by atoms with Crippen molar-refractivity contribution >= 4 is 10.9 Å². The van der Waals surface area contributed by atoms with Gasteiger partial charge in [-0.3, -0.25) is 4.98 Å². The van der Waals surface area contributed by atoms with E-state index in [1.54, 1.807) is 18.5 Å². The number of hydrogen-bond acceptors (Lipinski definition) is 4. The lowest BCUT2D eigenvalue weighted by molar-refractivity contribution is 0.582. The lowest BCUT2D eigenvalue weighted by atomic mass is 10.2. The number of nitrogens with zero attached hydrogens (tertiary/aromatic N) is 4. The first-order valence-corrected chi connectivity index (χ1v) is 8.16. The molecule has 1 aromatic carbocycles. The molecule has 0 spiro atoms. The van der Waals surface area contributed by atoms with Gasteiger partial charge in [0.2, 0.25) is 5.95 Å². The average Bonchev–Trinajstić information content (AvgIpc) is 2.63. The first-order valence-electron chi connectivity index (χ1n) is 8.16. The SMILES string of the molecule is Cc1ccnc(F)c1.Cc1cnc2ccccc2c1.Cc1cncnc1. The lowest BCUT2D eigenvalue weighted by Gasteiger charge is -1.95. The van der Waals surface area contributed by atoms with Gasteiger partial charge in [-0.15, -0.1) is 0 Å². The Morgan fingerprint density at radius 1 is 0.731 bits per heavy atom. The molecule has 0 aliphatic rings. The number of halogens is 1. The zero-order chi connectivity index (χ0) is 18.8. The number of hydrogen-bond donors (Lipinski definition) is 0. The van der Waals surface area contributed by atoms with E-state index >= 15 is 0 Å². The van der Waals surface area contributed by atoms with E-state index in [0.717, 1.165) is 16.6 Å². The summed E-state index contributed by atoms with van der Waals surface area (Å²) in [5, 5.41) is 1.22. The second-order valence-corrected chi connectivity index (χ2v) is 5.78. The van der Waals surface area contributed by atoms with Gasteiger partial charge >= 0.3 is 0 Å². The van der Waals surface area contributed by atoms with Crippen LogP contribution in [-0.4, -0.2) is 19.9 Å². The van der Waals surface area contributed by atoms with E-state index in [0.29, 0.717) is 0 Å². The van der Waals surface area contributed by atoms with Gasteiger partial charge in [-0.05, 0) is 61.7 Å². The number of pyridine rings is 2. The highest BCUT2D eigenvalue weighted by Gasteiger charge is 1.91. The molecule has 0 saturated heterocycles. The van der Waals surface area contributed by atoms with Crippen molar-refractivity contribution in [3.05, 3.63) is 96.2 Å². The minimum absolute atomic E-state index is 0.412. The maximum absolute atomic E-state index is 12.1. The van der Waals surface area contributed by atoms with Crippen LogP contribution < -0.4 is 0 Å². The van der Waals surface area contributed by atoms with Crippen LogP contribution in [0.5, 0.6) is 0 Å². The highest BCUT2D eigenvalue weighted by molar-refractivity contribution is 5.78. The number of aryl methyl sites for hydroxylation is 3. The highest BCUT2D eigenvalue weighted by Crippen LogP contribution is 2.11. The summed E-state index contributed by atoms with van der Waals surface area (Å²) in [6.45, 7) is 5.84. The van der Waals surface area contributed by atoms with Crippen LogP contribution in [0, 0.1) is 26.7 Å². The molecule has 0 aliphatic carbocycles. The molecule has 0 fully saturated rings. The summed E-state index contributed by atoms with van der Waals surface area (Å²) in [5.41, 5.74) is 4.28. The van der Waals surface area contributed by atoms with Crippen LogP contribution in [0.25, 0.3) is 10.9 Å². The molecule has 3 aromatic heterocycles. The molecule has 0 amide bonds. The van der Waals surface area contributed by atoms with Crippen molar-refractivity contribution in [3.8, 4) is 0 Å². The fraction of sp³-hybridized carbons (Fsp3) is 0.143. The molecule has 132 valence electrons. The summed E-state index contributed by atoms with van der Waals surface area (Å²) in [5.74, 6) is -0.412. The van der Waals surface area contributed by atoms with Crippen LogP contribution in [0.1, 0.15) is 16.7 Å². The Balaban J connectivity index is 0.000000145. The van der Waals surface area contributed by atoms with Crippen molar-refractivity contribution < 1.29 is 4.39 Å². The molecule has 0 aliphatic heterocycles. The predicted octanol–water partition coefficient (Wildman–Crippen LogP) is 4.86. The normalized spacial score (nSPS) is 9.54. The smallest absolute Gasteiger partial charge is 0.213 e. The monoisotopic (exact) mass is 348 g/mol. The van der Waals surface area contributed by atoms with Crippen LogP contribution in [-0.2, 0) is 0 Å². The average molecular weight is 348 g/mol. The third-order valence-electron chi connectivity index (χ3n) is 3.30. The van der Waals surface area contributed by atoms with Crippen molar-refractivity contribution in [1.29, 1.82) is 0 Å². The number of para-hydroxylation sites is 1. The third kappa shape index (κ3) is 6.73. The molecular formula is C21H21FN4. The van der Waals surface area contributed by atoms with E-state index in [4.69, 9.17) is 0 Å². The molecule has 4 aromatic rings. The fourth-order valence-corrected chi connectivity index (χ4v) is 2.05. The summed E-state index contributed by atoms with van der Waals surface area (Å²) in [7, 11) is 0. The second-order valence-electron chi connectivity index (χ2n) is 5.78. The Bertz CT molecular complexity index is 925. The Labute approximate surface area is 152 Å². The first kappa shape index (κ1) is 19.1. The van der Waals surface area contributed by atoms with Gasteiger partial charge in [0, 0.05) is 30.2 Å². The molecular weight excluding hydrogens is 327 g/mol. The van der Waals surface area contributed by atoms with E-state index in [1.807, 2.05) is 38.2 Å².